The van der Waals surface area contributed by atoms with Gasteiger partial charge in [-0.1, -0.05) is 31.7 Å². The Morgan fingerprint density at radius 1 is 1.52 bits per heavy atom. The van der Waals surface area contributed by atoms with Crippen LogP contribution in [0.25, 0.3) is 11.0 Å². The van der Waals surface area contributed by atoms with Gasteiger partial charge < -0.3 is 9.67 Å². The van der Waals surface area contributed by atoms with E-state index in [0.717, 1.165) is 22.7 Å². The van der Waals surface area contributed by atoms with Crippen molar-refractivity contribution in [2.75, 3.05) is 5.75 Å². The monoisotopic (exact) mass is 304 g/mol. The second-order valence-corrected chi connectivity index (χ2v) is 7.51. The molecule has 5 heteroatoms. The zero-order valence-corrected chi connectivity index (χ0v) is 13.4. The van der Waals surface area contributed by atoms with E-state index in [1.807, 2.05) is 6.92 Å². The molecule has 1 unspecified atom stereocenters. The molecular weight excluding hydrogens is 284 g/mol. The normalized spacial score (nSPS) is 19.9. The lowest BCUT2D eigenvalue weighted by Crippen LogP contribution is -2.07. The van der Waals surface area contributed by atoms with Crippen LogP contribution < -0.4 is 0 Å². The van der Waals surface area contributed by atoms with Crippen molar-refractivity contribution in [3.05, 3.63) is 23.8 Å². The first kappa shape index (κ1) is 14.4. The van der Waals surface area contributed by atoms with Gasteiger partial charge in [-0.3, -0.25) is 4.79 Å². The second-order valence-electron chi connectivity index (χ2n) is 6.57. The summed E-state index contributed by atoms with van der Waals surface area (Å²) in [7, 11) is 0. The molecule has 0 bridgehead atoms. The number of benzene rings is 1. The molecule has 1 aromatic heterocycles. The Morgan fingerprint density at radius 3 is 2.86 bits per heavy atom. The summed E-state index contributed by atoms with van der Waals surface area (Å²) in [6, 6.07) is 6.25. The van der Waals surface area contributed by atoms with Crippen molar-refractivity contribution in [3.63, 3.8) is 0 Å². The average molecular weight is 304 g/mol. The van der Waals surface area contributed by atoms with Gasteiger partial charge in [-0.25, -0.2) is 4.98 Å². The van der Waals surface area contributed by atoms with E-state index in [9.17, 15) is 4.79 Å². The van der Waals surface area contributed by atoms with E-state index in [4.69, 9.17) is 5.11 Å². The molecule has 21 heavy (non-hydrogen) atoms. The Balaban J connectivity index is 1.96. The largest absolute Gasteiger partial charge is 0.481 e. The van der Waals surface area contributed by atoms with Gasteiger partial charge in [0.1, 0.15) is 0 Å². The summed E-state index contributed by atoms with van der Waals surface area (Å²) in [6.45, 7) is 7.54. The summed E-state index contributed by atoms with van der Waals surface area (Å²) >= 11 is 1.31. The zero-order chi connectivity index (χ0) is 15.2. The summed E-state index contributed by atoms with van der Waals surface area (Å²) in [5.74, 6) is -0.0991. The molecule has 0 radical (unpaired) electrons. The van der Waals surface area contributed by atoms with E-state index >= 15 is 0 Å². The highest BCUT2D eigenvalue weighted by atomic mass is 32.2. The third kappa shape index (κ3) is 2.93. The van der Waals surface area contributed by atoms with E-state index in [1.54, 1.807) is 0 Å². The van der Waals surface area contributed by atoms with Crippen LogP contribution in [0.3, 0.4) is 0 Å². The van der Waals surface area contributed by atoms with Crippen LogP contribution >= 0.6 is 11.8 Å². The number of aromatic nitrogens is 2. The van der Waals surface area contributed by atoms with Crippen LogP contribution in [0.15, 0.2) is 23.4 Å². The van der Waals surface area contributed by atoms with Crippen LogP contribution in [0.4, 0.5) is 0 Å². The standard InChI is InChI=1S/C16H20N2O2S/c1-10-4-5-13-12(6-10)17-15(21-9-14(19)20)18(13)8-11-7-16(11,2)3/h4-6,11H,7-9H2,1-3H3,(H,19,20). The summed E-state index contributed by atoms with van der Waals surface area (Å²) < 4.78 is 2.20. The highest BCUT2D eigenvalue weighted by Crippen LogP contribution is 2.53. The molecule has 2 aromatic rings. The third-order valence-electron chi connectivity index (χ3n) is 4.31. The number of hydrogen-bond donors (Lipinski definition) is 1. The minimum atomic E-state index is -0.804. The zero-order valence-electron chi connectivity index (χ0n) is 12.6. The summed E-state index contributed by atoms with van der Waals surface area (Å²) in [5, 5.41) is 9.72. The highest BCUT2D eigenvalue weighted by Gasteiger charge is 2.45. The van der Waals surface area contributed by atoms with Crippen molar-refractivity contribution in [1.82, 2.24) is 9.55 Å². The second kappa shape index (κ2) is 5.05. The first-order chi connectivity index (χ1) is 9.87. The Morgan fingerprint density at radius 2 is 2.24 bits per heavy atom. The van der Waals surface area contributed by atoms with Crippen molar-refractivity contribution in [2.45, 2.75) is 38.9 Å². The Bertz CT molecular complexity index is 706. The van der Waals surface area contributed by atoms with Crippen molar-refractivity contribution in [1.29, 1.82) is 0 Å². The number of carboxylic acid groups (broad SMARTS) is 1. The number of carboxylic acids is 1. The van der Waals surface area contributed by atoms with Gasteiger partial charge in [-0.05, 0) is 42.4 Å². The van der Waals surface area contributed by atoms with Crippen LogP contribution in [0, 0.1) is 18.3 Å². The molecule has 0 saturated heterocycles. The molecule has 0 amide bonds. The molecule has 1 atom stereocenters. The molecular formula is C16H20N2O2S. The maximum Gasteiger partial charge on any atom is 0.313 e. The predicted octanol–water partition coefficient (Wildman–Crippen LogP) is 3.57. The molecule has 112 valence electrons. The van der Waals surface area contributed by atoms with Gasteiger partial charge in [0.15, 0.2) is 5.16 Å². The summed E-state index contributed by atoms with van der Waals surface area (Å²) in [5.41, 5.74) is 3.64. The molecule has 1 saturated carbocycles. The lowest BCUT2D eigenvalue weighted by molar-refractivity contribution is -0.133. The molecule has 4 nitrogen and oxygen atoms in total. The molecule has 0 aliphatic heterocycles. The van der Waals surface area contributed by atoms with E-state index in [0.29, 0.717) is 11.3 Å². The average Bonchev–Trinajstić information content (AvgIpc) is 2.85. The number of rotatable bonds is 5. The van der Waals surface area contributed by atoms with Crippen LogP contribution in [-0.2, 0) is 11.3 Å². The first-order valence-corrected chi connectivity index (χ1v) is 8.17. The summed E-state index contributed by atoms with van der Waals surface area (Å²) in [4.78, 5) is 15.5. The molecule has 1 aromatic carbocycles. The Kier molecular flexibility index (Phi) is 3.48. The van der Waals surface area contributed by atoms with Gasteiger partial charge in [-0.2, -0.15) is 0 Å². The minimum Gasteiger partial charge on any atom is -0.481 e. The van der Waals surface area contributed by atoms with Gasteiger partial charge in [-0.15, -0.1) is 0 Å². The van der Waals surface area contributed by atoms with Crippen molar-refractivity contribution in [2.24, 2.45) is 11.3 Å². The third-order valence-corrected chi connectivity index (χ3v) is 5.28. The van der Waals surface area contributed by atoms with Crippen molar-refractivity contribution < 1.29 is 9.90 Å². The number of nitrogens with zero attached hydrogens (tertiary/aromatic N) is 2. The van der Waals surface area contributed by atoms with E-state index in [2.05, 4.69) is 41.6 Å². The number of thioether (sulfide) groups is 1. The fourth-order valence-corrected chi connectivity index (χ4v) is 3.48. The number of aryl methyl sites for hydroxylation is 1. The minimum absolute atomic E-state index is 0.0519. The van der Waals surface area contributed by atoms with E-state index in [-0.39, 0.29) is 5.75 Å². The quantitative estimate of drug-likeness (QED) is 0.858. The topological polar surface area (TPSA) is 55.1 Å². The first-order valence-electron chi connectivity index (χ1n) is 7.18. The van der Waals surface area contributed by atoms with E-state index in [1.165, 1.54) is 23.7 Å². The Labute approximate surface area is 128 Å². The number of aliphatic carboxylic acids is 1. The van der Waals surface area contributed by atoms with Crippen molar-refractivity contribution >= 4 is 28.8 Å². The maximum atomic E-state index is 10.8. The lowest BCUT2D eigenvalue weighted by Gasteiger charge is -2.09. The predicted molar refractivity (Wildman–Crippen MR) is 84.7 cm³/mol. The van der Waals surface area contributed by atoms with E-state index < -0.39 is 5.97 Å². The fourth-order valence-electron chi connectivity index (χ4n) is 2.74. The molecule has 1 N–H and O–H groups in total. The van der Waals surface area contributed by atoms with Gasteiger partial charge >= 0.3 is 5.97 Å². The van der Waals surface area contributed by atoms with Crippen LogP contribution in [-0.4, -0.2) is 26.4 Å². The molecule has 1 aliphatic rings. The smallest absolute Gasteiger partial charge is 0.313 e. The van der Waals surface area contributed by atoms with Crippen LogP contribution in [0.2, 0.25) is 0 Å². The van der Waals surface area contributed by atoms with Gasteiger partial charge in [0.2, 0.25) is 0 Å². The highest BCUT2D eigenvalue weighted by molar-refractivity contribution is 7.99. The molecule has 3 rings (SSSR count). The number of carbonyl (C=O) groups is 1. The number of imidazole rings is 1. The lowest BCUT2D eigenvalue weighted by atomic mass is 10.1. The van der Waals surface area contributed by atoms with Crippen molar-refractivity contribution in [3.8, 4) is 0 Å². The summed E-state index contributed by atoms with van der Waals surface area (Å²) in [6.07, 6.45) is 1.22. The number of hydrogen-bond acceptors (Lipinski definition) is 3. The van der Waals surface area contributed by atoms with Crippen LogP contribution in [0.5, 0.6) is 0 Å². The Hall–Kier alpha value is -1.49. The van der Waals surface area contributed by atoms with Gasteiger partial charge in [0.25, 0.3) is 0 Å². The van der Waals surface area contributed by atoms with Gasteiger partial charge in [0.05, 0.1) is 16.8 Å². The molecule has 0 spiro atoms. The molecule has 1 heterocycles. The molecule has 1 aliphatic carbocycles. The SMILES string of the molecule is Cc1ccc2c(c1)nc(SCC(=O)O)n2CC1CC1(C)C. The van der Waals surface area contributed by atoms with Gasteiger partial charge in [0, 0.05) is 6.54 Å². The fraction of sp³-hybridized carbons (Fsp3) is 0.500. The molecule has 1 fully saturated rings. The maximum absolute atomic E-state index is 10.8. The number of fused-ring (bicyclic) bond motifs is 1. The van der Waals surface area contributed by atoms with Crippen LogP contribution in [0.1, 0.15) is 25.8 Å².